The van der Waals surface area contributed by atoms with Gasteiger partial charge in [0.1, 0.15) is 0 Å². The molecule has 2 N–H and O–H groups in total. The first-order valence-corrected chi connectivity index (χ1v) is 7.20. The van der Waals surface area contributed by atoms with E-state index in [4.69, 9.17) is 0 Å². The topological polar surface area (TPSA) is 36.4 Å². The van der Waals surface area contributed by atoms with E-state index >= 15 is 0 Å². The predicted octanol–water partition coefficient (Wildman–Crippen LogP) is 3.04. The van der Waals surface area contributed by atoms with Gasteiger partial charge in [-0.15, -0.1) is 24.0 Å². The first-order chi connectivity index (χ1) is 8.29. The van der Waals surface area contributed by atoms with Crippen molar-refractivity contribution in [1.29, 1.82) is 0 Å². The van der Waals surface area contributed by atoms with E-state index in [1.54, 1.807) is 11.3 Å². The summed E-state index contributed by atoms with van der Waals surface area (Å²) in [6.07, 6.45) is 2.74. The molecule has 1 saturated carbocycles. The Bertz CT molecular complexity index is 360. The fourth-order valence-electron chi connectivity index (χ4n) is 1.71. The first kappa shape index (κ1) is 15.8. The molecule has 0 bridgehead atoms. The van der Waals surface area contributed by atoms with E-state index in [2.05, 4.69) is 39.4 Å². The lowest BCUT2D eigenvalue weighted by Gasteiger charge is -2.15. The number of halogens is 1. The van der Waals surface area contributed by atoms with E-state index in [1.165, 1.54) is 18.4 Å². The zero-order valence-electron chi connectivity index (χ0n) is 11.0. The Morgan fingerprint density at radius 3 is 2.83 bits per heavy atom. The second-order valence-electron chi connectivity index (χ2n) is 4.74. The van der Waals surface area contributed by atoms with Gasteiger partial charge in [0, 0.05) is 20.1 Å². The molecule has 0 amide bonds. The van der Waals surface area contributed by atoms with Crippen molar-refractivity contribution in [3.63, 3.8) is 0 Å². The third kappa shape index (κ3) is 5.14. The Morgan fingerprint density at radius 1 is 1.50 bits per heavy atom. The van der Waals surface area contributed by atoms with Crippen LogP contribution in [-0.2, 0) is 0 Å². The average molecular weight is 379 g/mol. The lowest BCUT2D eigenvalue weighted by molar-refractivity contribution is 0.687. The van der Waals surface area contributed by atoms with Crippen molar-refractivity contribution in [1.82, 2.24) is 10.6 Å². The Labute approximate surface area is 130 Å². The van der Waals surface area contributed by atoms with Gasteiger partial charge in [0.05, 0.1) is 0 Å². The second kappa shape index (κ2) is 7.99. The number of thiophene rings is 1. The van der Waals surface area contributed by atoms with Gasteiger partial charge < -0.3 is 10.6 Å². The molecule has 3 nitrogen and oxygen atoms in total. The normalized spacial score (nSPS) is 16.9. The molecule has 1 unspecified atom stereocenters. The van der Waals surface area contributed by atoms with E-state index in [0.29, 0.717) is 5.92 Å². The van der Waals surface area contributed by atoms with E-state index < -0.39 is 0 Å². The largest absolute Gasteiger partial charge is 0.356 e. The smallest absolute Gasteiger partial charge is 0.191 e. The van der Waals surface area contributed by atoms with Crippen LogP contribution >= 0.6 is 35.3 Å². The van der Waals surface area contributed by atoms with Gasteiger partial charge in [-0.1, -0.05) is 6.92 Å². The maximum Gasteiger partial charge on any atom is 0.191 e. The summed E-state index contributed by atoms with van der Waals surface area (Å²) < 4.78 is 0. The number of aliphatic imine (C=N–C) groups is 1. The summed E-state index contributed by atoms with van der Waals surface area (Å²) >= 11 is 1.76. The van der Waals surface area contributed by atoms with E-state index in [-0.39, 0.29) is 24.0 Å². The molecule has 1 aromatic heterocycles. The maximum absolute atomic E-state index is 4.24. The van der Waals surface area contributed by atoms with Crippen LogP contribution in [0.2, 0.25) is 0 Å². The number of hydrogen-bond acceptors (Lipinski definition) is 2. The summed E-state index contributed by atoms with van der Waals surface area (Å²) in [6, 6.07) is 2.19. The molecule has 102 valence electrons. The first-order valence-electron chi connectivity index (χ1n) is 6.26. The van der Waals surface area contributed by atoms with E-state index in [1.807, 2.05) is 7.05 Å². The molecule has 1 atom stereocenters. The Hall–Kier alpha value is -0.300. The lowest BCUT2D eigenvalue weighted by Crippen LogP contribution is -2.39. The molecule has 0 saturated heterocycles. The van der Waals surface area contributed by atoms with Gasteiger partial charge in [-0.3, -0.25) is 4.99 Å². The molecular weight excluding hydrogens is 357 g/mol. The molecule has 0 spiro atoms. The summed E-state index contributed by atoms with van der Waals surface area (Å²) in [6.45, 7) is 4.23. The van der Waals surface area contributed by atoms with Crippen molar-refractivity contribution in [3.05, 3.63) is 22.4 Å². The molecular formula is C13H22IN3S. The zero-order chi connectivity index (χ0) is 12.1. The number of hydrogen-bond donors (Lipinski definition) is 2. The highest BCUT2D eigenvalue weighted by Gasteiger charge is 2.21. The predicted molar refractivity (Wildman–Crippen MR) is 90.2 cm³/mol. The van der Waals surface area contributed by atoms with Crippen LogP contribution in [0.5, 0.6) is 0 Å². The van der Waals surface area contributed by atoms with Gasteiger partial charge in [-0.05, 0) is 47.1 Å². The number of guanidine groups is 1. The molecule has 0 radical (unpaired) electrons. The summed E-state index contributed by atoms with van der Waals surface area (Å²) in [5, 5.41) is 11.1. The van der Waals surface area contributed by atoms with Crippen LogP contribution in [0.4, 0.5) is 0 Å². The molecule has 0 aliphatic heterocycles. The minimum atomic E-state index is 0. The van der Waals surface area contributed by atoms with E-state index in [0.717, 1.165) is 25.0 Å². The van der Waals surface area contributed by atoms with Crippen molar-refractivity contribution in [2.45, 2.75) is 25.7 Å². The van der Waals surface area contributed by atoms with Crippen LogP contribution in [0.3, 0.4) is 0 Å². The van der Waals surface area contributed by atoms with Gasteiger partial charge >= 0.3 is 0 Å². The van der Waals surface area contributed by atoms with Crippen LogP contribution in [0.25, 0.3) is 0 Å². The van der Waals surface area contributed by atoms with Crippen molar-refractivity contribution in [2.75, 3.05) is 20.1 Å². The fourth-order valence-corrected chi connectivity index (χ4v) is 2.49. The van der Waals surface area contributed by atoms with Crippen molar-refractivity contribution in [3.8, 4) is 0 Å². The fraction of sp³-hybridized carbons (Fsp3) is 0.615. The Kier molecular flexibility index (Phi) is 6.99. The van der Waals surface area contributed by atoms with Crippen molar-refractivity contribution < 1.29 is 0 Å². The quantitative estimate of drug-likeness (QED) is 0.469. The number of nitrogens with one attached hydrogen (secondary N) is 2. The number of nitrogens with zero attached hydrogens (tertiary/aromatic N) is 1. The highest BCUT2D eigenvalue weighted by atomic mass is 127. The van der Waals surface area contributed by atoms with Gasteiger partial charge in [0.2, 0.25) is 0 Å². The SMILES string of the molecule is CN=C(NCC1CC1)NCC(C)c1ccsc1.I. The van der Waals surface area contributed by atoms with Crippen LogP contribution in [0.15, 0.2) is 21.8 Å². The molecule has 2 rings (SSSR count). The summed E-state index contributed by atoms with van der Waals surface area (Å²) in [7, 11) is 1.83. The Morgan fingerprint density at radius 2 is 2.28 bits per heavy atom. The maximum atomic E-state index is 4.24. The van der Waals surface area contributed by atoms with Crippen LogP contribution in [-0.4, -0.2) is 26.1 Å². The van der Waals surface area contributed by atoms with Crippen molar-refractivity contribution >= 4 is 41.3 Å². The monoisotopic (exact) mass is 379 g/mol. The third-order valence-corrected chi connectivity index (χ3v) is 3.87. The third-order valence-electron chi connectivity index (χ3n) is 3.17. The molecule has 18 heavy (non-hydrogen) atoms. The van der Waals surface area contributed by atoms with Crippen LogP contribution < -0.4 is 10.6 Å². The van der Waals surface area contributed by atoms with Crippen molar-refractivity contribution in [2.24, 2.45) is 10.9 Å². The van der Waals surface area contributed by atoms with Crippen LogP contribution in [0, 0.1) is 5.92 Å². The average Bonchev–Trinajstić information content (AvgIpc) is 3.01. The Balaban J connectivity index is 0.00000162. The van der Waals surface area contributed by atoms with E-state index in [9.17, 15) is 0 Å². The zero-order valence-corrected chi connectivity index (χ0v) is 14.1. The summed E-state index contributed by atoms with van der Waals surface area (Å²) in [4.78, 5) is 4.24. The summed E-state index contributed by atoms with van der Waals surface area (Å²) in [5.74, 6) is 2.34. The highest BCUT2D eigenvalue weighted by Crippen LogP contribution is 2.27. The van der Waals surface area contributed by atoms with Gasteiger partial charge in [-0.2, -0.15) is 11.3 Å². The second-order valence-corrected chi connectivity index (χ2v) is 5.52. The molecule has 0 aromatic carbocycles. The standard InChI is InChI=1S/C13H21N3S.HI/c1-10(12-5-6-17-9-12)7-15-13(14-2)16-8-11-3-4-11;/h5-6,9-11H,3-4,7-8H2,1-2H3,(H2,14,15,16);1H. The molecule has 1 fully saturated rings. The summed E-state index contributed by atoms with van der Waals surface area (Å²) in [5.41, 5.74) is 1.40. The van der Waals surface area contributed by atoms with Gasteiger partial charge in [0.15, 0.2) is 5.96 Å². The minimum absolute atomic E-state index is 0. The lowest BCUT2D eigenvalue weighted by atomic mass is 10.1. The van der Waals surface area contributed by atoms with Gasteiger partial charge in [0.25, 0.3) is 0 Å². The number of rotatable bonds is 5. The molecule has 1 aromatic rings. The molecule has 1 aliphatic rings. The molecule has 1 aliphatic carbocycles. The highest BCUT2D eigenvalue weighted by molar-refractivity contribution is 14.0. The van der Waals surface area contributed by atoms with Crippen LogP contribution in [0.1, 0.15) is 31.2 Å². The molecule has 1 heterocycles. The minimum Gasteiger partial charge on any atom is -0.356 e. The van der Waals surface area contributed by atoms with Gasteiger partial charge in [-0.25, -0.2) is 0 Å². The molecule has 5 heteroatoms.